The van der Waals surface area contributed by atoms with Crippen molar-refractivity contribution in [1.29, 1.82) is 0 Å². The molecule has 6 heteroatoms. The van der Waals surface area contributed by atoms with E-state index in [1.54, 1.807) is 31.2 Å². The molecule has 0 aliphatic carbocycles. The number of esters is 1. The summed E-state index contributed by atoms with van der Waals surface area (Å²) in [7, 11) is 0. The van der Waals surface area contributed by atoms with Crippen molar-refractivity contribution in [1.82, 2.24) is 0 Å². The summed E-state index contributed by atoms with van der Waals surface area (Å²) >= 11 is 5.92. The normalized spacial score (nSPS) is 10.1. The van der Waals surface area contributed by atoms with E-state index in [1.807, 2.05) is 0 Å². The van der Waals surface area contributed by atoms with Crippen LogP contribution in [-0.4, -0.2) is 19.2 Å². The molecule has 0 N–H and O–H groups in total. The summed E-state index contributed by atoms with van der Waals surface area (Å²) in [5.74, 6) is 0.0767. The molecule has 0 heterocycles. The zero-order chi connectivity index (χ0) is 15.9. The Balaban J connectivity index is 2.12. The fourth-order valence-corrected chi connectivity index (χ4v) is 1.88. The number of carbonyl (C=O) groups is 1. The zero-order valence-corrected chi connectivity index (χ0v) is 12.6. The van der Waals surface area contributed by atoms with Gasteiger partial charge < -0.3 is 14.2 Å². The first-order chi connectivity index (χ1) is 10.6. The van der Waals surface area contributed by atoms with Gasteiger partial charge in [0.2, 0.25) is 0 Å². The van der Waals surface area contributed by atoms with Crippen molar-refractivity contribution < 1.29 is 23.4 Å². The molecule has 2 aromatic carbocycles. The molecule has 0 bridgehead atoms. The van der Waals surface area contributed by atoms with E-state index in [0.29, 0.717) is 11.5 Å². The average Bonchev–Trinajstić information content (AvgIpc) is 2.49. The highest BCUT2D eigenvalue weighted by Crippen LogP contribution is 2.35. The smallest absolute Gasteiger partial charge is 0.344 e. The molecule has 116 valence electrons. The van der Waals surface area contributed by atoms with Gasteiger partial charge >= 0.3 is 5.97 Å². The van der Waals surface area contributed by atoms with Crippen LogP contribution in [0.2, 0.25) is 5.02 Å². The maximum Gasteiger partial charge on any atom is 0.344 e. The second kappa shape index (κ2) is 7.66. The minimum atomic E-state index is -0.475. The largest absolute Gasteiger partial charge is 0.478 e. The Bertz CT molecular complexity index is 660. The summed E-state index contributed by atoms with van der Waals surface area (Å²) in [6.45, 7) is 1.77. The van der Waals surface area contributed by atoms with Gasteiger partial charge in [0.15, 0.2) is 18.1 Å². The first-order valence-corrected chi connectivity index (χ1v) is 6.98. The summed E-state index contributed by atoms with van der Waals surface area (Å²) in [5.41, 5.74) is 0. The van der Waals surface area contributed by atoms with E-state index < -0.39 is 11.8 Å². The molecule has 0 saturated heterocycles. The van der Waals surface area contributed by atoms with Crippen LogP contribution in [0.15, 0.2) is 42.5 Å². The van der Waals surface area contributed by atoms with Gasteiger partial charge in [0.05, 0.1) is 11.6 Å². The van der Waals surface area contributed by atoms with E-state index in [-0.39, 0.29) is 24.0 Å². The van der Waals surface area contributed by atoms with Gasteiger partial charge in [-0.1, -0.05) is 23.7 Å². The lowest BCUT2D eigenvalue weighted by molar-refractivity contribution is -0.145. The third kappa shape index (κ3) is 4.36. The van der Waals surface area contributed by atoms with Crippen LogP contribution in [0.4, 0.5) is 4.39 Å². The van der Waals surface area contributed by atoms with Crippen LogP contribution in [0, 0.1) is 5.82 Å². The van der Waals surface area contributed by atoms with Crippen LogP contribution in [0.5, 0.6) is 17.2 Å². The Labute approximate surface area is 132 Å². The molecule has 22 heavy (non-hydrogen) atoms. The third-order valence-corrected chi connectivity index (χ3v) is 2.91. The summed E-state index contributed by atoms with van der Waals surface area (Å²) in [5, 5.41) is 0.139. The van der Waals surface area contributed by atoms with Crippen LogP contribution in [0.1, 0.15) is 6.92 Å². The number of ether oxygens (including phenoxy) is 3. The van der Waals surface area contributed by atoms with Gasteiger partial charge in [0.25, 0.3) is 0 Å². The number of hydrogen-bond acceptors (Lipinski definition) is 4. The van der Waals surface area contributed by atoms with Crippen molar-refractivity contribution >= 4 is 17.6 Å². The van der Waals surface area contributed by atoms with E-state index in [2.05, 4.69) is 0 Å². The lowest BCUT2D eigenvalue weighted by atomic mass is 10.3. The number of hydrogen-bond donors (Lipinski definition) is 0. The van der Waals surface area contributed by atoms with E-state index >= 15 is 0 Å². The molecule has 0 spiro atoms. The highest BCUT2D eigenvalue weighted by atomic mass is 35.5. The van der Waals surface area contributed by atoms with E-state index in [4.69, 9.17) is 25.8 Å². The standard InChI is InChI=1S/C16H14ClFO4/c1-2-20-16(19)10-21-14-5-3-4-6-15(14)22-13-8-7-11(18)9-12(13)17/h3-9H,2,10H2,1H3. The average molecular weight is 325 g/mol. The molecule has 0 fully saturated rings. The fourth-order valence-electron chi connectivity index (χ4n) is 1.67. The second-order valence-electron chi connectivity index (χ2n) is 4.22. The first kappa shape index (κ1) is 16.1. The molecule has 0 aromatic heterocycles. The molecule has 2 aromatic rings. The minimum absolute atomic E-state index is 0.139. The summed E-state index contributed by atoms with van der Waals surface area (Å²) in [4.78, 5) is 11.3. The zero-order valence-electron chi connectivity index (χ0n) is 11.8. The molecule has 0 saturated carbocycles. The molecule has 2 rings (SSSR count). The minimum Gasteiger partial charge on any atom is -0.478 e. The molecule has 0 aliphatic heterocycles. The first-order valence-electron chi connectivity index (χ1n) is 6.60. The molecule has 0 radical (unpaired) electrons. The number of carbonyl (C=O) groups excluding carboxylic acids is 1. The Kier molecular flexibility index (Phi) is 5.61. The molecule has 0 aliphatic rings. The van der Waals surface area contributed by atoms with E-state index in [1.165, 1.54) is 12.1 Å². The number of rotatable bonds is 6. The van der Waals surface area contributed by atoms with E-state index in [9.17, 15) is 9.18 Å². The van der Waals surface area contributed by atoms with Gasteiger partial charge in [0, 0.05) is 0 Å². The van der Waals surface area contributed by atoms with Gasteiger partial charge in [-0.25, -0.2) is 9.18 Å². The number of benzene rings is 2. The molecule has 0 atom stereocenters. The quantitative estimate of drug-likeness (QED) is 0.746. The predicted molar refractivity (Wildman–Crippen MR) is 80.1 cm³/mol. The Morgan fingerprint density at radius 1 is 1.14 bits per heavy atom. The maximum absolute atomic E-state index is 13.0. The lowest BCUT2D eigenvalue weighted by Crippen LogP contribution is -2.14. The molecule has 0 amide bonds. The van der Waals surface area contributed by atoms with Crippen molar-refractivity contribution in [3.8, 4) is 17.2 Å². The topological polar surface area (TPSA) is 44.8 Å². The Hall–Kier alpha value is -2.27. The van der Waals surface area contributed by atoms with Crippen molar-refractivity contribution in [2.75, 3.05) is 13.2 Å². The van der Waals surface area contributed by atoms with Crippen LogP contribution in [-0.2, 0) is 9.53 Å². The molecular weight excluding hydrogens is 311 g/mol. The van der Waals surface area contributed by atoms with Crippen LogP contribution in [0.3, 0.4) is 0 Å². The summed E-state index contributed by atoms with van der Waals surface area (Å²) in [6, 6.07) is 10.6. The van der Waals surface area contributed by atoms with Crippen LogP contribution in [0.25, 0.3) is 0 Å². The van der Waals surface area contributed by atoms with Gasteiger partial charge in [0.1, 0.15) is 11.6 Å². The fraction of sp³-hybridized carbons (Fsp3) is 0.188. The highest BCUT2D eigenvalue weighted by molar-refractivity contribution is 6.32. The second-order valence-corrected chi connectivity index (χ2v) is 4.62. The van der Waals surface area contributed by atoms with Crippen molar-refractivity contribution in [2.45, 2.75) is 6.92 Å². The van der Waals surface area contributed by atoms with Crippen LogP contribution < -0.4 is 9.47 Å². The molecular formula is C16H14ClFO4. The Morgan fingerprint density at radius 3 is 2.55 bits per heavy atom. The maximum atomic E-state index is 13.0. The number of para-hydroxylation sites is 2. The van der Waals surface area contributed by atoms with Gasteiger partial charge in [-0.05, 0) is 37.3 Å². The summed E-state index contributed by atoms with van der Waals surface area (Å²) < 4.78 is 28.8. The summed E-state index contributed by atoms with van der Waals surface area (Å²) in [6.07, 6.45) is 0. The van der Waals surface area contributed by atoms with Crippen LogP contribution >= 0.6 is 11.6 Å². The number of halogens is 2. The highest BCUT2D eigenvalue weighted by Gasteiger charge is 2.11. The predicted octanol–water partition coefficient (Wildman–Crippen LogP) is 4.21. The van der Waals surface area contributed by atoms with E-state index in [0.717, 1.165) is 6.07 Å². The van der Waals surface area contributed by atoms with Crippen molar-refractivity contribution in [3.05, 3.63) is 53.3 Å². The molecule has 0 unspecified atom stereocenters. The SMILES string of the molecule is CCOC(=O)COc1ccccc1Oc1ccc(F)cc1Cl. The van der Waals surface area contributed by atoms with Gasteiger partial charge in [-0.2, -0.15) is 0 Å². The Morgan fingerprint density at radius 2 is 1.86 bits per heavy atom. The van der Waals surface area contributed by atoms with Crippen molar-refractivity contribution in [2.24, 2.45) is 0 Å². The lowest BCUT2D eigenvalue weighted by Gasteiger charge is -2.12. The van der Waals surface area contributed by atoms with Gasteiger partial charge in [-0.3, -0.25) is 0 Å². The molecule has 4 nitrogen and oxygen atoms in total. The van der Waals surface area contributed by atoms with Crippen molar-refractivity contribution in [3.63, 3.8) is 0 Å². The monoisotopic (exact) mass is 324 g/mol. The third-order valence-electron chi connectivity index (χ3n) is 2.61. The van der Waals surface area contributed by atoms with Gasteiger partial charge in [-0.15, -0.1) is 0 Å².